The van der Waals surface area contributed by atoms with Gasteiger partial charge in [-0.05, 0) is 19.1 Å². The average Bonchev–Trinajstić information content (AvgIpc) is 2.90. The summed E-state index contributed by atoms with van der Waals surface area (Å²) in [5.74, 6) is 1.53. The lowest BCUT2D eigenvalue weighted by molar-refractivity contribution is 0.151. The molecule has 122 valence electrons. The summed E-state index contributed by atoms with van der Waals surface area (Å²) in [6, 6.07) is 8.14. The van der Waals surface area contributed by atoms with Gasteiger partial charge < -0.3 is 9.73 Å². The Morgan fingerprint density at radius 1 is 1.41 bits per heavy atom. The highest BCUT2D eigenvalue weighted by molar-refractivity contribution is 6.30. The summed E-state index contributed by atoms with van der Waals surface area (Å²) in [7, 11) is 0. The fourth-order valence-corrected chi connectivity index (χ4v) is 2.64. The van der Waals surface area contributed by atoms with Crippen molar-refractivity contribution < 1.29 is 4.42 Å². The van der Waals surface area contributed by atoms with Crippen LogP contribution in [-0.4, -0.2) is 35.6 Å². The van der Waals surface area contributed by atoms with Gasteiger partial charge >= 0.3 is 0 Å². The second-order valence-corrected chi connectivity index (χ2v) is 5.59. The number of benzene rings is 1. The van der Waals surface area contributed by atoms with Gasteiger partial charge in [-0.25, -0.2) is 4.98 Å². The van der Waals surface area contributed by atoms with E-state index in [2.05, 4.69) is 22.1 Å². The first-order valence-corrected chi connectivity index (χ1v) is 7.25. The van der Waals surface area contributed by atoms with E-state index in [9.17, 15) is 0 Å². The van der Waals surface area contributed by atoms with E-state index in [4.69, 9.17) is 16.0 Å². The van der Waals surface area contributed by atoms with Gasteiger partial charge in [0.05, 0.1) is 12.7 Å². The Kier molecular flexibility index (Phi) is 7.66. The van der Waals surface area contributed by atoms with Crippen molar-refractivity contribution in [1.82, 2.24) is 15.2 Å². The zero-order chi connectivity index (χ0) is 13.9. The monoisotopic (exact) mass is 363 g/mol. The average molecular weight is 365 g/mol. The van der Waals surface area contributed by atoms with Gasteiger partial charge in [-0.15, -0.1) is 24.8 Å². The Morgan fingerprint density at radius 2 is 2.23 bits per heavy atom. The number of nitrogens with one attached hydrogen (secondary N) is 1. The van der Waals surface area contributed by atoms with E-state index in [0.29, 0.717) is 11.1 Å². The summed E-state index contributed by atoms with van der Waals surface area (Å²) in [6.45, 7) is 6.03. The summed E-state index contributed by atoms with van der Waals surface area (Å²) in [5.41, 5.74) is 0.963. The van der Waals surface area contributed by atoms with Crippen LogP contribution in [0.1, 0.15) is 12.8 Å². The topological polar surface area (TPSA) is 41.3 Å². The number of oxazole rings is 1. The highest BCUT2D eigenvalue weighted by atomic mass is 35.5. The summed E-state index contributed by atoms with van der Waals surface area (Å²) >= 11 is 6.00. The first-order valence-electron chi connectivity index (χ1n) is 6.88. The second-order valence-electron chi connectivity index (χ2n) is 5.15. The number of nitrogens with zero attached hydrogens (tertiary/aromatic N) is 2. The SMILES string of the molecule is C[C@H]1CNCCN1Cc1ncc(-c2cccc(Cl)c2)o1.Cl.Cl. The molecule has 1 N–H and O–H groups in total. The van der Waals surface area contributed by atoms with Crippen molar-refractivity contribution in [3.05, 3.63) is 41.4 Å². The molecule has 1 fully saturated rings. The van der Waals surface area contributed by atoms with Crippen molar-refractivity contribution in [3.8, 4) is 11.3 Å². The third-order valence-electron chi connectivity index (χ3n) is 3.64. The molecule has 2 heterocycles. The molecule has 0 saturated carbocycles. The third kappa shape index (κ3) is 4.61. The molecular formula is C15H20Cl3N3O. The molecule has 0 aliphatic carbocycles. The zero-order valence-corrected chi connectivity index (χ0v) is 14.7. The lowest BCUT2D eigenvalue weighted by Crippen LogP contribution is -2.49. The van der Waals surface area contributed by atoms with E-state index in [1.807, 2.05) is 24.3 Å². The van der Waals surface area contributed by atoms with Gasteiger partial charge in [0.25, 0.3) is 0 Å². The van der Waals surface area contributed by atoms with Crippen LogP contribution in [0.4, 0.5) is 0 Å². The molecular weight excluding hydrogens is 345 g/mol. The van der Waals surface area contributed by atoms with Crippen molar-refractivity contribution >= 4 is 36.4 Å². The molecule has 22 heavy (non-hydrogen) atoms. The van der Waals surface area contributed by atoms with Crippen LogP contribution in [0, 0.1) is 0 Å². The Morgan fingerprint density at radius 3 is 2.95 bits per heavy atom. The predicted octanol–water partition coefficient (Wildman–Crippen LogP) is 3.63. The number of piperazine rings is 1. The predicted molar refractivity (Wildman–Crippen MR) is 94.2 cm³/mol. The largest absolute Gasteiger partial charge is 0.439 e. The molecule has 1 atom stereocenters. The Bertz CT molecular complexity index is 591. The molecule has 7 heteroatoms. The number of aromatic nitrogens is 1. The van der Waals surface area contributed by atoms with Gasteiger partial charge in [0.15, 0.2) is 5.76 Å². The molecule has 3 rings (SSSR count). The Hall–Kier alpha value is -0.780. The van der Waals surface area contributed by atoms with Crippen molar-refractivity contribution in [1.29, 1.82) is 0 Å². The second kappa shape index (κ2) is 8.75. The maximum Gasteiger partial charge on any atom is 0.209 e. The van der Waals surface area contributed by atoms with E-state index >= 15 is 0 Å². The smallest absolute Gasteiger partial charge is 0.209 e. The number of halogens is 3. The van der Waals surface area contributed by atoms with Crippen LogP contribution in [0.25, 0.3) is 11.3 Å². The van der Waals surface area contributed by atoms with Crippen LogP contribution >= 0.6 is 36.4 Å². The summed E-state index contributed by atoms with van der Waals surface area (Å²) in [6.07, 6.45) is 1.77. The molecule has 1 aliphatic rings. The molecule has 0 bridgehead atoms. The molecule has 1 aromatic heterocycles. The van der Waals surface area contributed by atoms with Crippen LogP contribution in [0.3, 0.4) is 0 Å². The highest BCUT2D eigenvalue weighted by Crippen LogP contribution is 2.24. The van der Waals surface area contributed by atoms with Crippen molar-refractivity contribution in [2.45, 2.75) is 19.5 Å². The minimum absolute atomic E-state index is 0. The first-order chi connectivity index (χ1) is 9.72. The molecule has 2 aromatic rings. The van der Waals surface area contributed by atoms with Crippen molar-refractivity contribution in [2.24, 2.45) is 0 Å². The van der Waals surface area contributed by atoms with E-state index in [-0.39, 0.29) is 24.8 Å². The van der Waals surface area contributed by atoms with Gasteiger partial charge in [-0.2, -0.15) is 0 Å². The molecule has 4 nitrogen and oxygen atoms in total. The van der Waals surface area contributed by atoms with Crippen LogP contribution in [-0.2, 0) is 6.54 Å². The molecule has 1 saturated heterocycles. The van der Waals surface area contributed by atoms with Crippen molar-refractivity contribution in [3.63, 3.8) is 0 Å². The van der Waals surface area contributed by atoms with E-state index in [1.165, 1.54) is 0 Å². The number of rotatable bonds is 3. The maximum absolute atomic E-state index is 6.00. The summed E-state index contributed by atoms with van der Waals surface area (Å²) in [5, 5.41) is 4.08. The van der Waals surface area contributed by atoms with E-state index in [1.54, 1.807) is 6.20 Å². The summed E-state index contributed by atoms with van der Waals surface area (Å²) in [4.78, 5) is 6.76. The first kappa shape index (κ1) is 19.3. The van der Waals surface area contributed by atoms with Crippen LogP contribution < -0.4 is 5.32 Å². The normalized spacial score (nSPS) is 18.4. The van der Waals surface area contributed by atoms with Gasteiger partial charge in [0.2, 0.25) is 5.89 Å². The highest BCUT2D eigenvalue weighted by Gasteiger charge is 2.20. The molecule has 1 aromatic carbocycles. The molecule has 0 amide bonds. The van der Waals surface area contributed by atoms with Gasteiger partial charge in [0.1, 0.15) is 0 Å². The quantitative estimate of drug-likeness (QED) is 0.903. The van der Waals surface area contributed by atoms with Crippen LogP contribution in [0.15, 0.2) is 34.9 Å². The van der Waals surface area contributed by atoms with Gasteiger partial charge in [0, 0.05) is 36.3 Å². The number of hydrogen-bond acceptors (Lipinski definition) is 4. The van der Waals surface area contributed by atoms with Gasteiger partial charge in [-0.3, -0.25) is 4.90 Å². The van der Waals surface area contributed by atoms with Crippen LogP contribution in [0.5, 0.6) is 0 Å². The van der Waals surface area contributed by atoms with Crippen LogP contribution in [0.2, 0.25) is 5.02 Å². The fourth-order valence-electron chi connectivity index (χ4n) is 2.45. The van der Waals surface area contributed by atoms with Gasteiger partial charge in [-0.1, -0.05) is 23.7 Å². The molecule has 0 unspecified atom stereocenters. The lowest BCUT2D eigenvalue weighted by Gasteiger charge is -2.32. The maximum atomic E-state index is 6.00. The minimum Gasteiger partial charge on any atom is -0.439 e. The van der Waals surface area contributed by atoms with E-state index in [0.717, 1.165) is 43.4 Å². The molecule has 0 spiro atoms. The number of hydrogen-bond donors (Lipinski definition) is 1. The Labute approximate surface area is 148 Å². The fraction of sp³-hybridized carbons (Fsp3) is 0.400. The third-order valence-corrected chi connectivity index (χ3v) is 3.88. The van der Waals surface area contributed by atoms with E-state index < -0.39 is 0 Å². The zero-order valence-electron chi connectivity index (χ0n) is 12.3. The lowest BCUT2D eigenvalue weighted by atomic mass is 10.2. The standard InChI is InChI=1S/C15H18ClN3O.2ClH/c1-11-8-17-5-6-19(11)10-15-18-9-14(20-15)12-3-2-4-13(16)7-12;;/h2-4,7,9,11,17H,5-6,8,10H2,1H3;2*1H/t11-;;/m0../s1. The van der Waals surface area contributed by atoms with Crippen molar-refractivity contribution in [2.75, 3.05) is 19.6 Å². The summed E-state index contributed by atoms with van der Waals surface area (Å²) < 4.78 is 5.84. The minimum atomic E-state index is 0. The molecule has 1 aliphatic heterocycles. The Balaban J connectivity index is 0.00000121. The molecule has 0 radical (unpaired) electrons.